The van der Waals surface area contributed by atoms with Crippen LogP contribution in [0, 0.1) is 13.8 Å². The summed E-state index contributed by atoms with van der Waals surface area (Å²) in [7, 11) is 1.62. The molecule has 0 aromatic heterocycles. The van der Waals surface area contributed by atoms with Crippen molar-refractivity contribution < 1.29 is 14.3 Å². The summed E-state index contributed by atoms with van der Waals surface area (Å²) < 4.78 is 5.32. The maximum Gasteiger partial charge on any atom is 0.242 e. The van der Waals surface area contributed by atoms with E-state index in [0.29, 0.717) is 25.3 Å². The largest absolute Gasteiger partial charge is 0.497 e. The Hall–Kier alpha value is -2.47. The minimum absolute atomic E-state index is 0.0321. The van der Waals surface area contributed by atoms with Crippen molar-refractivity contribution in [1.82, 2.24) is 10.2 Å². The lowest BCUT2D eigenvalue weighted by atomic mass is 10.1. The van der Waals surface area contributed by atoms with Gasteiger partial charge in [0.15, 0.2) is 0 Å². The van der Waals surface area contributed by atoms with Crippen molar-refractivity contribution in [3.05, 3.63) is 64.7 Å². The minimum Gasteiger partial charge on any atom is -0.497 e. The number of hydrogen-bond donors (Lipinski definition) is 1. The van der Waals surface area contributed by atoms with Crippen LogP contribution in [-0.4, -0.2) is 42.2 Å². The fraction of sp³-hybridized carbons (Fsp3) is 0.440. The first-order valence-electron chi connectivity index (χ1n) is 10.7. The van der Waals surface area contributed by atoms with E-state index in [1.165, 1.54) is 16.7 Å². The summed E-state index contributed by atoms with van der Waals surface area (Å²) in [5, 5.41) is 2.87. The normalized spacial score (nSPS) is 11.6. The molecule has 2 rings (SSSR count). The van der Waals surface area contributed by atoms with E-state index in [1.807, 2.05) is 38.1 Å². The molecule has 6 heteroatoms. The molecule has 0 spiro atoms. The number of carbonyl (C=O) groups is 2. The van der Waals surface area contributed by atoms with Crippen LogP contribution in [0.3, 0.4) is 0 Å². The van der Waals surface area contributed by atoms with Gasteiger partial charge in [-0.05, 0) is 50.5 Å². The van der Waals surface area contributed by atoms with Crippen LogP contribution in [-0.2, 0) is 21.9 Å². The van der Waals surface area contributed by atoms with Crippen LogP contribution in [0.15, 0.2) is 42.5 Å². The maximum absolute atomic E-state index is 13.2. The molecule has 5 nitrogen and oxygen atoms in total. The third kappa shape index (κ3) is 7.62. The van der Waals surface area contributed by atoms with Gasteiger partial charge in [0.2, 0.25) is 11.8 Å². The molecule has 0 aliphatic rings. The molecule has 0 saturated heterocycles. The lowest BCUT2D eigenvalue weighted by Gasteiger charge is -2.30. The van der Waals surface area contributed by atoms with Crippen LogP contribution in [0.25, 0.3) is 0 Å². The average Bonchev–Trinajstić information content (AvgIpc) is 2.73. The van der Waals surface area contributed by atoms with Gasteiger partial charge >= 0.3 is 0 Å². The van der Waals surface area contributed by atoms with E-state index in [1.54, 1.807) is 23.8 Å². The molecule has 0 aliphatic carbocycles. The summed E-state index contributed by atoms with van der Waals surface area (Å²) in [5.74, 6) is 1.68. The van der Waals surface area contributed by atoms with E-state index in [0.717, 1.165) is 17.1 Å². The summed E-state index contributed by atoms with van der Waals surface area (Å²) >= 11 is 1.58. The summed E-state index contributed by atoms with van der Waals surface area (Å²) in [6.07, 6.45) is 0.559. The number of methoxy groups -OCH3 is 1. The number of rotatable bonds is 11. The van der Waals surface area contributed by atoms with Gasteiger partial charge in [0.05, 0.1) is 12.9 Å². The second-order valence-electron chi connectivity index (χ2n) is 7.68. The predicted molar refractivity (Wildman–Crippen MR) is 128 cm³/mol. The SMILES string of the molecule is CCNC(=O)C(CC)N(Cc1cccc(OC)c1)C(=O)CSCc1cc(C)cc(C)c1. The van der Waals surface area contributed by atoms with Crippen molar-refractivity contribution in [2.45, 2.75) is 52.5 Å². The van der Waals surface area contributed by atoms with E-state index >= 15 is 0 Å². The first-order chi connectivity index (χ1) is 14.9. The first-order valence-corrected chi connectivity index (χ1v) is 11.9. The van der Waals surface area contributed by atoms with Gasteiger partial charge in [-0.1, -0.05) is 48.4 Å². The average molecular weight is 443 g/mol. The van der Waals surface area contributed by atoms with Crippen molar-refractivity contribution in [3.63, 3.8) is 0 Å². The van der Waals surface area contributed by atoms with Crippen LogP contribution in [0.2, 0.25) is 0 Å². The molecule has 2 aromatic rings. The number of benzene rings is 2. The standard InChI is InChI=1S/C25H34N2O3S/c1-6-23(25(29)26-7-2)27(15-20-9-8-10-22(14-20)30-5)24(28)17-31-16-21-12-18(3)11-19(4)13-21/h8-14,23H,6-7,15-17H2,1-5H3,(H,26,29). The van der Waals surface area contributed by atoms with E-state index in [4.69, 9.17) is 4.74 Å². The van der Waals surface area contributed by atoms with Crippen molar-refractivity contribution in [2.75, 3.05) is 19.4 Å². The number of aryl methyl sites for hydroxylation is 2. The van der Waals surface area contributed by atoms with Gasteiger partial charge in [-0.25, -0.2) is 0 Å². The van der Waals surface area contributed by atoms with Gasteiger partial charge in [0.1, 0.15) is 11.8 Å². The zero-order valence-corrected chi connectivity index (χ0v) is 20.1. The van der Waals surface area contributed by atoms with Gasteiger partial charge in [-0.3, -0.25) is 9.59 Å². The molecule has 1 atom stereocenters. The second-order valence-corrected chi connectivity index (χ2v) is 8.67. The van der Waals surface area contributed by atoms with Crippen molar-refractivity contribution >= 4 is 23.6 Å². The Morgan fingerprint density at radius 2 is 1.77 bits per heavy atom. The van der Waals surface area contributed by atoms with Gasteiger partial charge in [-0.15, -0.1) is 11.8 Å². The van der Waals surface area contributed by atoms with Crippen LogP contribution in [0.4, 0.5) is 0 Å². The Balaban J connectivity index is 2.14. The summed E-state index contributed by atoms with van der Waals surface area (Å²) in [5.41, 5.74) is 4.60. The highest BCUT2D eigenvalue weighted by Crippen LogP contribution is 2.20. The fourth-order valence-electron chi connectivity index (χ4n) is 3.67. The van der Waals surface area contributed by atoms with Crippen LogP contribution in [0.1, 0.15) is 42.5 Å². The lowest BCUT2D eigenvalue weighted by molar-refractivity contribution is -0.139. The van der Waals surface area contributed by atoms with Crippen molar-refractivity contribution in [3.8, 4) is 5.75 Å². The van der Waals surface area contributed by atoms with Crippen LogP contribution in [0.5, 0.6) is 5.75 Å². The quantitative estimate of drug-likeness (QED) is 0.557. The number of nitrogens with zero attached hydrogens (tertiary/aromatic N) is 1. The zero-order valence-electron chi connectivity index (χ0n) is 19.2. The van der Waals surface area contributed by atoms with E-state index in [-0.39, 0.29) is 11.8 Å². The van der Waals surface area contributed by atoms with Gasteiger partial charge in [0, 0.05) is 18.8 Å². The highest BCUT2D eigenvalue weighted by Gasteiger charge is 2.28. The molecule has 2 aromatic carbocycles. The summed E-state index contributed by atoms with van der Waals surface area (Å²) in [6.45, 7) is 8.90. The summed E-state index contributed by atoms with van der Waals surface area (Å²) in [4.78, 5) is 27.6. The number of ether oxygens (including phenoxy) is 1. The summed E-state index contributed by atoms with van der Waals surface area (Å²) in [6, 6.07) is 13.6. The van der Waals surface area contributed by atoms with Gasteiger partial charge in [-0.2, -0.15) is 0 Å². The van der Waals surface area contributed by atoms with Gasteiger partial charge < -0.3 is 15.0 Å². The van der Waals surface area contributed by atoms with Crippen molar-refractivity contribution in [2.24, 2.45) is 0 Å². The fourth-order valence-corrected chi connectivity index (χ4v) is 4.52. The highest BCUT2D eigenvalue weighted by molar-refractivity contribution is 7.99. The Labute approximate surface area is 190 Å². The molecule has 0 bridgehead atoms. The Bertz CT molecular complexity index is 865. The van der Waals surface area contributed by atoms with E-state index < -0.39 is 6.04 Å². The molecule has 168 valence electrons. The number of amides is 2. The number of nitrogens with one attached hydrogen (secondary N) is 1. The maximum atomic E-state index is 13.2. The second kappa shape index (κ2) is 12.4. The number of hydrogen-bond acceptors (Lipinski definition) is 4. The molecule has 0 heterocycles. The number of likely N-dealkylation sites (N-methyl/N-ethyl adjacent to an activating group) is 1. The third-order valence-electron chi connectivity index (χ3n) is 5.00. The van der Waals surface area contributed by atoms with Crippen LogP contribution < -0.4 is 10.1 Å². The molecule has 0 saturated carbocycles. The zero-order chi connectivity index (χ0) is 22.8. The molecular formula is C25H34N2O3S. The van der Waals surface area contributed by atoms with E-state index in [2.05, 4.69) is 37.4 Å². The molecule has 0 radical (unpaired) electrons. The molecule has 1 N–H and O–H groups in total. The number of thioether (sulfide) groups is 1. The first kappa shape index (κ1) is 24.8. The lowest BCUT2D eigenvalue weighted by Crippen LogP contribution is -2.49. The minimum atomic E-state index is -0.500. The predicted octanol–water partition coefficient (Wildman–Crippen LogP) is 4.49. The third-order valence-corrected chi connectivity index (χ3v) is 5.99. The molecular weight excluding hydrogens is 408 g/mol. The number of carbonyl (C=O) groups excluding carboxylic acids is 2. The topological polar surface area (TPSA) is 58.6 Å². The molecule has 31 heavy (non-hydrogen) atoms. The monoisotopic (exact) mass is 442 g/mol. The molecule has 1 unspecified atom stereocenters. The molecule has 2 amide bonds. The molecule has 0 aliphatic heterocycles. The van der Waals surface area contributed by atoms with Gasteiger partial charge in [0.25, 0.3) is 0 Å². The Morgan fingerprint density at radius 1 is 1.06 bits per heavy atom. The molecule has 0 fully saturated rings. The Kier molecular flexibility index (Phi) is 9.92. The Morgan fingerprint density at radius 3 is 2.39 bits per heavy atom. The van der Waals surface area contributed by atoms with Crippen LogP contribution >= 0.6 is 11.8 Å². The van der Waals surface area contributed by atoms with Crippen molar-refractivity contribution in [1.29, 1.82) is 0 Å². The van der Waals surface area contributed by atoms with E-state index in [9.17, 15) is 9.59 Å². The highest BCUT2D eigenvalue weighted by atomic mass is 32.2. The smallest absolute Gasteiger partial charge is 0.242 e.